The first-order chi connectivity index (χ1) is 13.0. The number of nitrogens with zero attached hydrogens (tertiary/aromatic N) is 1. The zero-order chi connectivity index (χ0) is 19.2. The van der Waals surface area contributed by atoms with Crippen LogP contribution in [0.15, 0.2) is 52.8 Å². The van der Waals surface area contributed by atoms with Crippen molar-refractivity contribution in [2.24, 2.45) is 0 Å². The summed E-state index contributed by atoms with van der Waals surface area (Å²) in [6.07, 6.45) is 7.48. The van der Waals surface area contributed by atoms with Gasteiger partial charge in [0.15, 0.2) is 6.61 Å². The Morgan fingerprint density at radius 3 is 2.74 bits per heavy atom. The monoisotopic (exact) mass is 407 g/mol. The molecule has 3 rings (SSSR count). The van der Waals surface area contributed by atoms with Gasteiger partial charge in [0.25, 0.3) is 5.91 Å². The van der Waals surface area contributed by atoms with Crippen LogP contribution >= 0.6 is 23.2 Å². The van der Waals surface area contributed by atoms with Gasteiger partial charge in [-0.2, -0.15) is 0 Å². The minimum Gasteiger partial charge on any atom is -0.467 e. The average molecular weight is 408 g/mol. The van der Waals surface area contributed by atoms with E-state index in [4.69, 9.17) is 32.4 Å². The molecule has 0 radical (unpaired) electrons. The summed E-state index contributed by atoms with van der Waals surface area (Å²) >= 11 is 11.9. The second-order valence-electron chi connectivity index (χ2n) is 6.20. The van der Waals surface area contributed by atoms with Crippen LogP contribution in [0.1, 0.15) is 41.8 Å². The van der Waals surface area contributed by atoms with Gasteiger partial charge in [0.1, 0.15) is 5.76 Å². The van der Waals surface area contributed by atoms with Crippen molar-refractivity contribution >= 4 is 35.1 Å². The van der Waals surface area contributed by atoms with Gasteiger partial charge in [-0.05, 0) is 56.0 Å². The van der Waals surface area contributed by atoms with Crippen LogP contribution in [0.3, 0.4) is 0 Å². The molecule has 1 aromatic heterocycles. The maximum atomic E-state index is 12.8. The highest BCUT2D eigenvalue weighted by atomic mass is 35.5. The van der Waals surface area contributed by atoms with Crippen LogP contribution in [-0.4, -0.2) is 23.4 Å². The van der Waals surface area contributed by atoms with E-state index in [0.29, 0.717) is 17.3 Å². The number of ether oxygens (including phenoxy) is 1. The van der Waals surface area contributed by atoms with Crippen molar-refractivity contribution in [3.63, 3.8) is 0 Å². The summed E-state index contributed by atoms with van der Waals surface area (Å²) in [7, 11) is 0. The van der Waals surface area contributed by atoms with Gasteiger partial charge >= 0.3 is 5.97 Å². The van der Waals surface area contributed by atoms with E-state index in [-0.39, 0.29) is 23.1 Å². The molecular weight excluding hydrogens is 389 g/mol. The van der Waals surface area contributed by atoms with Gasteiger partial charge in [-0.25, -0.2) is 4.79 Å². The molecule has 1 aromatic carbocycles. The Morgan fingerprint density at radius 1 is 1.19 bits per heavy atom. The maximum absolute atomic E-state index is 12.8. The molecule has 0 bridgehead atoms. The van der Waals surface area contributed by atoms with E-state index in [2.05, 4.69) is 6.08 Å². The second kappa shape index (κ2) is 9.11. The van der Waals surface area contributed by atoms with Crippen LogP contribution in [0.25, 0.3) is 0 Å². The largest absolute Gasteiger partial charge is 0.467 e. The standard InChI is InChI=1S/C20H19Cl2NO4/c21-14-8-9-18(22)17(11-14)20(25)27-13-19(24)23(12-16-7-4-10-26-16)15-5-2-1-3-6-15/h4-5,7-11H,1-3,6,12-13H2. The number of amides is 1. The van der Waals surface area contributed by atoms with E-state index in [0.717, 1.165) is 31.4 Å². The van der Waals surface area contributed by atoms with Crippen molar-refractivity contribution in [2.45, 2.75) is 32.2 Å². The Kier molecular flexibility index (Phi) is 6.58. The molecule has 1 amide bonds. The van der Waals surface area contributed by atoms with Crippen LogP contribution in [0, 0.1) is 0 Å². The van der Waals surface area contributed by atoms with Crippen molar-refractivity contribution in [3.05, 3.63) is 69.7 Å². The first-order valence-electron chi connectivity index (χ1n) is 8.68. The van der Waals surface area contributed by atoms with Gasteiger partial charge in [0.2, 0.25) is 0 Å². The molecule has 0 unspecified atom stereocenters. The molecular formula is C20H19Cl2NO4. The predicted molar refractivity (Wildman–Crippen MR) is 103 cm³/mol. The molecule has 0 N–H and O–H groups in total. The highest BCUT2D eigenvalue weighted by Crippen LogP contribution is 2.24. The van der Waals surface area contributed by atoms with Gasteiger partial charge in [0.05, 0.1) is 23.4 Å². The Balaban J connectivity index is 1.69. The Morgan fingerprint density at radius 2 is 2.04 bits per heavy atom. The van der Waals surface area contributed by atoms with E-state index < -0.39 is 5.97 Å². The molecule has 1 aliphatic rings. The highest BCUT2D eigenvalue weighted by Gasteiger charge is 2.23. The number of furan rings is 1. The summed E-state index contributed by atoms with van der Waals surface area (Å²) in [4.78, 5) is 26.6. The van der Waals surface area contributed by atoms with Crippen molar-refractivity contribution in [2.75, 3.05) is 6.61 Å². The van der Waals surface area contributed by atoms with Crippen LogP contribution in [-0.2, 0) is 16.1 Å². The number of hydrogen-bond acceptors (Lipinski definition) is 4. The lowest BCUT2D eigenvalue weighted by Crippen LogP contribution is -2.34. The molecule has 27 heavy (non-hydrogen) atoms. The fraction of sp³-hybridized carbons (Fsp3) is 0.300. The van der Waals surface area contributed by atoms with E-state index in [1.807, 2.05) is 0 Å². The SMILES string of the molecule is O=C(OCC(=O)N(Cc1ccco1)C1=CCCCC1)c1cc(Cl)ccc1Cl. The first-order valence-corrected chi connectivity index (χ1v) is 9.44. The summed E-state index contributed by atoms with van der Waals surface area (Å²) in [5, 5.41) is 0.587. The summed E-state index contributed by atoms with van der Waals surface area (Å²) in [6, 6.07) is 8.08. The minimum atomic E-state index is -0.688. The van der Waals surface area contributed by atoms with Crippen molar-refractivity contribution in [1.29, 1.82) is 0 Å². The fourth-order valence-electron chi connectivity index (χ4n) is 2.91. The lowest BCUT2D eigenvalue weighted by molar-refractivity contribution is -0.133. The zero-order valence-electron chi connectivity index (χ0n) is 14.6. The van der Waals surface area contributed by atoms with E-state index >= 15 is 0 Å². The number of benzene rings is 1. The summed E-state index contributed by atoms with van der Waals surface area (Å²) in [5.41, 5.74) is 1.06. The van der Waals surface area contributed by atoms with Crippen LogP contribution in [0.5, 0.6) is 0 Å². The number of carbonyl (C=O) groups excluding carboxylic acids is 2. The van der Waals surface area contributed by atoms with Gasteiger partial charge in [-0.1, -0.05) is 29.3 Å². The Bertz CT molecular complexity index is 846. The third-order valence-electron chi connectivity index (χ3n) is 4.28. The molecule has 5 nitrogen and oxygen atoms in total. The quantitative estimate of drug-likeness (QED) is 0.615. The number of esters is 1. The number of allylic oxidation sites excluding steroid dienone is 2. The van der Waals surface area contributed by atoms with Crippen molar-refractivity contribution in [3.8, 4) is 0 Å². The topological polar surface area (TPSA) is 59.8 Å². The van der Waals surface area contributed by atoms with Crippen LogP contribution in [0.4, 0.5) is 0 Å². The third-order valence-corrected chi connectivity index (χ3v) is 4.85. The normalized spacial score (nSPS) is 13.8. The number of hydrogen-bond donors (Lipinski definition) is 0. The summed E-state index contributed by atoms with van der Waals surface area (Å²) in [5.74, 6) is -0.337. The second-order valence-corrected chi connectivity index (χ2v) is 7.04. The lowest BCUT2D eigenvalue weighted by Gasteiger charge is -2.27. The minimum absolute atomic E-state index is 0.131. The molecule has 1 aliphatic carbocycles. The van der Waals surface area contributed by atoms with E-state index in [1.165, 1.54) is 12.1 Å². The van der Waals surface area contributed by atoms with Crippen molar-refractivity contribution in [1.82, 2.24) is 4.90 Å². The van der Waals surface area contributed by atoms with Gasteiger partial charge < -0.3 is 14.1 Å². The molecule has 142 valence electrons. The van der Waals surface area contributed by atoms with E-state index in [1.54, 1.807) is 29.4 Å². The molecule has 0 spiro atoms. The zero-order valence-corrected chi connectivity index (χ0v) is 16.1. The van der Waals surface area contributed by atoms with Crippen molar-refractivity contribution < 1.29 is 18.7 Å². The molecule has 2 aromatic rings. The van der Waals surface area contributed by atoms with Gasteiger partial charge in [-0.3, -0.25) is 4.79 Å². The highest BCUT2D eigenvalue weighted by molar-refractivity contribution is 6.35. The number of halogens is 2. The maximum Gasteiger partial charge on any atom is 0.340 e. The van der Waals surface area contributed by atoms with Crippen LogP contribution in [0.2, 0.25) is 10.0 Å². The molecule has 0 saturated carbocycles. The Hall–Kier alpha value is -2.24. The Labute approximate surface area is 167 Å². The van der Waals surface area contributed by atoms with Crippen LogP contribution < -0.4 is 0 Å². The molecule has 7 heteroatoms. The lowest BCUT2D eigenvalue weighted by atomic mass is 10.0. The third kappa shape index (κ3) is 5.15. The molecule has 0 saturated heterocycles. The summed E-state index contributed by atoms with van der Waals surface area (Å²) in [6.45, 7) is -0.0904. The number of rotatable bonds is 6. The first kappa shape index (κ1) is 19.5. The molecule has 1 heterocycles. The predicted octanol–water partition coefficient (Wildman–Crippen LogP) is 5.23. The number of carbonyl (C=O) groups is 2. The van der Waals surface area contributed by atoms with Gasteiger partial charge in [0, 0.05) is 10.7 Å². The smallest absolute Gasteiger partial charge is 0.340 e. The molecule has 0 aliphatic heterocycles. The summed E-state index contributed by atoms with van der Waals surface area (Å²) < 4.78 is 10.6. The van der Waals surface area contributed by atoms with Gasteiger partial charge in [-0.15, -0.1) is 0 Å². The molecule has 0 atom stereocenters. The molecule has 0 fully saturated rings. The average Bonchev–Trinajstić information content (AvgIpc) is 3.20. The van der Waals surface area contributed by atoms with E-state index in [9.17, 15) is 9.59 Å². The fourth-order valence-corrected chi connectivity index (χ4v) is 3.28.